The lowest BCUT2D eigenvalue weighted by Gasteiger charge is -2.17. The van der Waals surface area contributed by atoms with Gasteiger partial charge in [-0.2, -0.15) is 0 Å². The Balaban J connectivity index is 2.31. The molecule has 0 aliphatic heterocycles. The monoisotopic (exact) mass is 222 g/mol. The quantitative estimate of drug-likeness (QED) is 0.763. The highest BCUT2D eigenvalue weighted by Crippen LogP contribution is 1.90. The molecular weight excluding hydrogens is 204 g/mol. The largest absolute Gasteiger partial charge is 0.349 e. The number of hydrogen-bond acceptors (Lipinski definition) is 4. The summed E-state index contributed by atoms with van der Waals surface area (Å²) in [4.78, 5) is 21.6. The number of carbonyl (C=O) groups excluding carboxylic acids is 1. The minimum atomic E-state index is -0.166. The molecule has 16 heavy (non-hydrogen) atoms. The van der Waals surface area contributed by atoms with Crippen LogP contribution in [0.4, 0.5) is 0 Å². The van der Waals surface area contributed by atoms with Crippen LogP contribution in [0.3, 0.4) is 0 Å². The van der Waals surface area contributed by atoms with Gasteiger partial charge in [0.25, 0.3) is 5.91 Å². The van der Waals surface area contributed by atoms with Crippen molar-refractivity contribution in [3.05, 3.63) is 24.3 Å². The number of amides is 1. The molecule has 1 heterocycles. The third-order valence-corrected chi connectivity index (χ3v) is 2.40. The Morgan fingerprint density at radius 3 is 2.69 bits per heavy atom. The molecule has 0 spiro atoms. The van der Waals surface area contributed by atoms with E-state index in [-0.39, 0.29) is 5.91 Å². The Morgan fingerprint density at radius 2 is 2.12 bits per heavy atom. The van der Waals surface area contributed by atoms with Gasteiger partial charge in [0, 0.05) is 25.5 Å². The first-order chi connectivity index (χ1) is 7.77. The van der Waals surface area contributed by atoms with Gasteiger partial charge in [0.1, 0.15) is 5.69 Å². The van der Waals surface area contributed by atoms with Crippen molar-refractivity contribution in [3.8, 4) is 0 Å². The molecule has 1 aromatic rings. The standard InChI is InChI=1S/C11H18N4O/c1-3-15(4-2)8-7-14-11(16)10-9-12-5-6-13-10/h5-6,9H,3-4,7-8H2,1-2H3,(H,14,16). The average Bonchev–Trinajstić information content (AvgIpc) is 2.35. The second-order valence-corrected chi connectivity index (χ2v) is 3.37. The molecule has 1 amide bonds. The maximum Gasteiger partial charge on any atom is 0.271 e. The van der Waals surface area contributed by atoms with Crippen molar-refractivity contribution < 1.29 is 4.79 Å². The lowest BCUT2D eigenvalue weighted by Crippen LogP contribution is -2.35. The highest BCUT2D eigenvalue weighted by atomic mass is 16.1. The van der Waals surface area contributed by atoms with Gasteiger partial charge in [0.2, 0.25) is 0 Å². The van der Waals surface area contributed by atoms with Crippen molar-refractivity contribution in [1.82, 2.24) is 20.2 Å². The van der Waals surface area contributed by atoms with E-state index in [4.69, 9.17) is 0 Å². The highest BCUT2D eigenvalue weighted by molar-refractivity contribution is 5.91. The zero-order valence-corrected chi connectivity index (χ0v) is 9.81. The van der Waals surface area contributed by atoms with E-state index in [1.807, 2.05) is 0 Å². The topological polar surface area (TPSA) is 58.1 Å². The molecule has 0 atom stereocenters. The van der Waals surface area contributed by atoms with E-state index in [9.17, 15) is 4.79 Å². The average molecular weight is 222 g/mol. The number of hydrogen-bond donors (Lipinski definition) is 1. The molecule has 0 saturated heterocycles. The molecule has 1 aromatic heterocycles. The Morgan fingerprint density at radius 1 is 1.38 bits per heavy atom. The Bertz CT molecular complexity index is 311. The third kappa shape index (κ3) is 3.94. The van der Waals surface area contributed by atoms with Crippen molar-refractivity contribution in [3.63, 3.8) is 0 Å². The molecule has 88 valence electrons. The summed E-state index contributed by atoms with van der Waals surface area (Å²) in [6.07, 6.45) is 4.53. The minimum Gasteiger partial charge on any atom is -0.349 e. The predicted octanol–water partition coefficient (Wildman–Crippen LogP) is 0.548. The molecule has 0 saturated carbocycles. The maximum absolute atomic E-state index is 11.6. The van der Waals surface area contributed by atoms with Crippen LogP contribution in [0.2, 0.25) is 0 Å². The van der Waals surface area contributed by atoms with Crippen LogP contribution in [0.5, 0.6) is 0 Å². The van der Waals surface area contributed by atoms with Crippen LogP contribution in [-0.2, 0) is 0 Å². The zero-order valence-electron chi connectivity index (χ0n) is 9.81. The molecule has 0 bridgehead atoms. The molecule has 0 aliphatic carbocycles. The summed E-state index contributed by atoms with van der Waals surface area (Å²) in [6.45, 7) is 7.70. The van der Waals surface area contributed by atoms with Crippen LogP contribution in [-0.4, -0.2) is 47.0 Å². The highest BCUT2D eigenvalue weighted by Gasteiger charge is 2.06. The van der Waals surface area contributed by atoms with E-state index < -0.39 is 0 Å². The van der Waals surface area contributed by atoms with Crippen molar-refractivity contribution in [2.24, 2.45) is 0 Å². The van der Waals surface area contributed by atoms with Gasteiger partial charge in [-0.25, -0.2) is 4.98 Å². The number of aromatic nitrogens is 2. The first kappa shape index (κ1) is 12.6. The van der Waals surface area contributed by atoms with Crippen LogP contribution < -0.4 is 5.32 Å². The van der Waals surface area contributed by atoms with Gasteiger partial charge in [-0.05, 0) is 13.1 Å². The summed E-state index contributed by atoms with van der Waals surface area (Å²) < 4.78 is 0. The summed E-state index contributed by atoms with van der Waals surface area (Å²) in [6, 6.07) is 0. The van der Waals surface area contributed by atoms with Crippen LogP contribution in [0.25, 0.3) is 0 Å². The van der Waals surface area contributed by atoms with E-state index in [2.05, 4.69) is 34.0 Å². The van der Waals surface area contributed by atoms with E-state index in [0.717, 1.165) is 19.6 Å². The fraction of sp³-hybridized carbons (Fsp3) is 0.545. The van der Waals surface area contributed by atoms with Crippen LogP contribution >= 0.6 is 0 Å². The summed E-state index contributed by atoms with van der Waals surface area (Å²) in [5, 5.41) is 2.81. The summed E-state index contributed by atoms with van der Waals surface area (Å²) in [7, 11) is 0. The molecule has 0 radical (unpaired) electrons. The first-order valence-electron chi connectivity index (χ1n) is 5.54. The zero-order chi connectivity index (χ0) is 11.8. The summed E-state index contributed by atoms with van der Waals surface area (Å²) >= 11 is 0. The second kappa shape index (κ2) is 6.90. The Kier molecular flexibility index (Phi) is 5.42. The van der Waals surface area contributed by atoms with Gasteiger partial charge in [-0.15, -0.1) is 0 Å². The van der Waals surface area contributed by atoms with Gasteiger partial charge in [-0.3, -0.25) is 9.78 Å². The number of nitrogens with one attached hydrogen (secondary N) is 1. The number of rotatable bonds is 6. The van der Waals surface area contributed by atoms with Gasteiger partial charge in [0.05, 0.1) is 6.20 Å². The molecule has 1 rings (SSSR count). The van der Waals surface area contributed by atoms with Crippen molar-refractivity contribution >= 4 is 5.91 Å². The number of nitrogens with zero attached hydrogens (tertiary/aromatic N) is 3. The molecule has 1 N–H and O–H groups in total. The molecule has 0 aliphatic rings. The predicted molar refractivity (Wildman–Crippen MR) is 62.2 cm³/mol. The van der Waals surface area contributed by atoms with E-state index >= 15 is 0 Å². The fourth-order valence-electron chi connectivity index (χ4n) is 1.37. The van der Waals surface area contributed by atoms with Crippen molar-refractivity contribution in [1.29, 1.82) is 0 Å². The smallest absolute Gasteiger partial charge is 0.271 e. The lowest BCUT2D eigenvalue weighted by molar-refractivity contribution is 0.0943. The van der Waals surface area contributed by atoms with Crippen molar-refractivity contribution in [2.45, 2.75) is 13.8 Å². The number of likely N-dealkylation sites (N-methyl/N-ethyl adjacent to an activating group) is 1. The SMILES string of the molecule is CCN(CC)CCNC(=O)c1cnccn1. The van der Waals surface area contributed by atoms with Gasteiger partial charge in [0.15, 0.2) is 0 Å². The fourth-order valence-corrected chi connectivity index (χ4v) is 1.37. The third-order valence-electron chi connectivity index (χ3n) is 2.40. The second-order valence-electron chi connectivity index (χ2n) is 3.37. The Labute approximate surface area is 95.9 Å². The molecule has 5 heteroatoms. The van der Waals surface area contributed by atoms with Gasteiger partial charge < -0.3 is 10.2 Å². The molecular formula is C11H18N4O. The Hall–Kier alpha value is -1.49. The molecule has 0 aromatic carbocycles. The molecule has 5 nitrogen and oxygen atoms in total. The first-order valence-corrected chi connectivity index (χ1v) is 5.54. The summed E-state index contributed by atoms with van der Waals surface area (Å²) in [5.41, 5.74) is 0.363. The minimum absolute atomic E-state index is 0.166. The maximum atomic E-state index is 11.6. The van der Waals surface area contributed by atoms with Crippen molar-refractivity contribution in [2.75, 3.05) is 26.2 Å². The van der Waals surface area contributed by atoms with Gasteiger partial charge in [-0.1, -0.05) is 13.8 Å². The van der Waals surface area contributed by atoms with E-state index in [1.165, 1.54) is 12.4 Å². The van der Waals surface area contributed by atoms with Crippen LogP contribution in [0.15, 0.2) is 18.6 Å². The number of carbonyl (C=O) groups is 1. The van der Waals surface area contributed by atoms with E-state index in [0.29, 0.717) is 12.2 Å². The molecule has 0 fully saturated rings. The lowest BCUT2D eigenvalue weighted by atomic mass is 10.4. The summed E-state index contributed by atoms with van der Waals surface area (Å²) in [5.74, 6) is -0.166. The van der Waals surface area contributed by atoms with Crippen LogP contribution in [0, 0.1) is 0 Å². The van der Waals surface area contributed by atoms with E-state index in [1.54, 1.807) is 6.20 Å². The van der Waals surface area contributed by atoms with Crippen LogP contribution in [0.1, 0.15) is 24.3 Å². The normalized spacial score (nSPS) is 10.4. The van der Waals surface area contributed by atoms with Gasteiger partial charge >= 0.3 is 0 Å². The molecule has 0 unspecified atom stereocenters.